The van der Waals surface area contributed by atoms with Crippen LogP contribution in [0.4, 0.5) is 15.9 Å². The zero-order valence-electron chi connectivity index (χ0n) is 21.8. The largest absolute Gasteiger partial charge is 0.467 e. The Morgan fingerprint density at radius 2 is 1.95 bits per heavy atom. The summed E-state index contributed by atoms with van der Waals surface area (Å²) in [5, 5.41) is 16.5. The maximum absolute atomic E-state index is 16.2. The third-order valence-corrected chi connectivity index (χ3v) is 9.02. The monoisotopic (exact) mass is 565 g/mol. The van der Waals surface area contributed by atoms with Crippen molar-refractivity contribution in [3.8, 4) is 23.2 Å². The van der Waals surface area contributed by atoms with Crippen LogP contribution in [0, 0.1) is 17.1 Å². The molecule has 3 fully saturated rings. The number of nitrogens with zero attached hydrogens (tertiary/aromatic N) is 5. The number of nitriles is 1. The first-order valence-corrected chi connectivity index (χ1v) is 14.3. The van der Waals surface area contributed by atoms with E-state index in [1.54, 1.807) is 17.5 Å². The second kappa shape index (κ2) is 10.4. The van der Waals surface area contributed by atoms with E-state index < -0.39 is 5.82 Å². The molecule has 0 radical (unpaired) electrons. The van der Waals surface area contributed by atoms with Crippen LogP contribution in [-0.4, -0.2) is 67.3 Å². The summed E-state index contributed by atoms with van der Waals surface area (Å²) in [6.45, 7) is 4.18. The Morgan fingerprint density at radius 1 is 1.23 bits per heavy atom. The van der Waals surface area contributed by atoms with Crippen LogP contribution < -0.4 is 20.7 Å². The lowest BCUT2D eigenvalue weighted by molar-refractivity contribution is 0.229. The number of fused-ring (bicyclic) bond motifs is 4. The molecule has 3 N–H and O–H groups in total. The first-order chi connectivity index (χ1) is 18.9. The summed E-state index contributed by atoms with van der Waals surface area (Å²) in [6.07, 6.45) is 3.63. The second-order valence-electron chi connectivity index (χ2n) is 10.3. The zero-order valence-corrected chi connectivity index (χ0v) is 23.4. The van der Waals surface area contributed by atoms with Crippen LogP contribution in [0.2, 0.25) is 5.02 Å². The average Bonchev–Trinajstić information content (AvgIpc) is 3.49. The molecule has 11 heteroatoms. The topological polar surface area (TPSA) is 103 Å². The molecule has 2 bridgehead atoms. The fraction of sp³-hybridized carbons (Fsp3) is 0.393. The molecule has 2 unspecified atom stereocenters. The molecule has 7 rings (SSSR count). The molecular formula is C28H29ClFN7OS. The van der Waals surface area contributed by atoms with Crippen molar-refractivity contribution in [2.45, 2.75) is 31.3 Å². The number of benzene rings is 2. The van der Waals surface area contributed by atoms with Gasteiger partial charge in [-0.3, -0.25) is 0 Å². The van der Waals surface area contributed by atoms with Crippen molar-refractivity contribution in [3.05, 3.63) is 40.0 Å². The minimum atomic E-state index is -0.575. The maximum Gasteiger partial charge on any atom is 0.318 e. The third kappa shape index (κ3) is 4.63. The van der Waals surface area contributed by atoms with Gasteiger partial charge in [0, 0.05) is 57.2 Å². The number of piperazine rings is 1. The van der Waals surface area contributed by atoms with Gasteiger partial charge in [0.25, 0.3) is 0 Å². The molecule has 0 aliphatic carbocycles. The first-order valence-electron chi connectivity index (χ1n) is 13.0. The molecule has 2 aromatic carbocycles. The van der Waals surface area contributed by atoms with Gasteiger partial charge in [0.1, 0.15) is 17.4 Å². The predicted molar refractivity (Wildman–Crippen MR) is 155 cm³/mol. The number of likely N-dealkylation sites (tertiary alicyclic amines) is 1. The lowest BCUT2D eigenvalue weighted by Gasteiger charge is -2.34. The van der Waals surface area contributed by atoms with E-state index in [9.17, 15) is 5.26 Å². The Hall–Kier alpha value is -3.23. The molecule has 4 aromatic rings. The van der Waals surface area contributed by atoms with Crippen LogP contribution in [0.5, 0.6) is 6.01 Å². The minimum Gasteiger partial charge on any atom is -0.467 e. The smallest absolute Gasteiger partial charge is 0.318 e. The van der Waals surface area contributed by atoms with Crippen molar-refractivity contribution < 1.29 is 9.13 Å². The fourth-order valence-corrected chi connectivity index (χ4v) is 6.89. The quantitative estimate of drug-likeness (QED) is 0.333. The van der Waals surface area contributed by atoms with Gasteiger partial charge in [-0.25, -0.2) is 4.39 Å². The van der Waals surface area contributed by atoms with Crippen molar-refractivity contribution in [3.63, 3.8) is 0 Å². The maximum atomic E-state index is 16.2. The number of anilines is 2. The van der Waals surface area contributed by atoms with Gasteiger partial charge in [-0.1, -0.05) is 11.6 Å². The second-order valence-corrected chi connectivity index (χ2v) is 11.7. The van der Waals surface area contributed by atoms with Gasteiger partial charge in [-0.15, -0.1) is 11.3 Å². The molecule has 39 heavy (non-hydrogen) atoms. The molecule has 202 valence electrons. The van der Waals surface area contributed by atoms with Crippen molar-refractivity contribution >= 4 is 55.4 Å². The summed E-state index contributed by atoms with van der Waals surface area (Å²) in [5.41, 5.74) is 7.54. The summed E-state index contributed by atoms with van der Waals surface area (Å²) in [4.78, 5) is 13.4. The summed E-state index contributed by atoms with van der Waals surface area (Å²) in [5.74, 6) is 0.0401. The number of thiophene rings is 1. The SMILES string of the molecule is CN1CCC1.COc1nc(N2CC3CCC(C2)N3)c2cc(Cl)c(-c3csc4ccc(N)c(C#N)c34)c(F)c2n1. The van der Waals surface area contributed by atoms with Crippen LogP contribution in [0.3, 0.4) is 0 Å². The number of rotatable bonds is 3. The molecule has 2 aromatic heterocycles. The molecule has 2 atom stereocenters. The van der Waals surface area contributed by atoms with Crippen molar-refractivity contribution in [1.29, 1.82) is 5.26 Å². The van der Waals surface area contributed by atoms with Crippen LogP contribution in [0.1, 0.15) is 24.8 Å². The number of ether oxygens (including phenoxy) is 1. The minimum absolute atomic E-state index is 0.0951. The Bertz CT molecular complexity index is 1600. The molecule has 3 saturated heterocycles. The number of aromatic nitrogens is 2. The lowest BCUT2D eigenvalue weighted by atomic mass is 9.98. The van der Waals surface area contributed by atoms with E-state index >= 15 is 4.39 Å². The van der Waals surface area contributed by atoms with Crippen molar-refractivity contribution in [2.75, 3.05) is 51.0 Å². The number of hydrogen-bond acceptors (Lipinski definition) is 9. The van der Waals surface area contributed by atoms with Crippen molar-refractivity contribution in [1.82, 2.24) is 20.2 Å². The number of nitrogen functional groups attached to an aromatic ring is 1. The van der Waals surface area contributed by atoms with Crippen LogP contribution in [0.15, 0.2) is 23.6 Å². The van der Waals surface area contributed by atoms with E-state index in [2.05, 4.69) is 38.2 Å². The predicted octanol–water partition coefficient (Wildman–Crippen LogP) is 5.03. The number of halogens is 2. The number of hydrogen-bond donors (Lipinski definition) is 2. The molecule has 3 aliphatic heterocycles. The standard InChI is InChI=1S/C24H20ClFN6OS.C4H9N/c1-33-24-30-22-13(23(31-24)32-8-11-2-3-12(9-32)29-11)6-16(25)20(21(22)26)15-10-34-18-5-4-17(28)14(7-27)19(15)18;1-5-3-2-4-5/h4-6,10-12,29H,2-3,8-9,28H2,1H3;2-4H2,1H3. The summed E-state index contributed by atoms with van der Waals surface area (Å²) >= 11 is 8.13. The number of methoxy groups -OCH3 is 1. The zero-order chi connectivity index (χ0) is 27.3. The van der Waals surface area contributed by atoms with E-state index in [0.717, 1.165) is 30.6 Å². The first kappa shape index (κ1) is 26.0. The highest BCUT2D eigenvalue weighted by molar-refractivity contribution is 7.17. The van der Waals surface area contributed by atoms with E-state index in [0.29, 0.717) is 45.5 Å². The molecule has 0 spiro atoms. The van der Waals surface area contributed by atoms with Crippen LogP contribution in [-0.2, 0) is 0 Å². The highest BCUT2D eigenvalue weighted by Crippen LogP contribution is 2.45. The lowest BCUT2D eigenvalue weighted by Crippen LogP contribution is -2.51. The van der Waals surface area contributed by atoms with Gasteiger partial charge in [0.15, 0.2) is 5.82 Å². The fourth-order valence-electron chi connectivity index (χ4n) is 5.63. The highest BCUT2D eigenvalue weighted by atomic mass is 35.5. The third-order valence-electron chi connectivity index (χ3n) is 7.77. The molecule has 3 aliphatic rings. The van der Waals surface area contributed by atoms with E-state index in [1.165, 1.54) is 38.0 Å². The summed E-state index contributed by atoms with van der Waals surface area (Å²) < 4.78 is 22.4. The Kier molecular flexibility index (Phi) is 6.93. The molecular weight excluding hydrogens is 537 g/mol. The van der Waals surface area contributed by atoms with Crippen LogP contribution in [0.25, 0.3) is 32.1 Å². The van der Waals surface area contributed by atoms with Crippen LogP contribution >= 0.6 is 22.9 Å². The van der Waals surface area contributed by atoms with E-state index in [4.69, 9.17) is 22.1 Å². The average molecular weight is 566 g/mol. The number of nitrogens with two attached hydrogens (primary N) is 1. The highest BCUT2D eigenvalue weighted by Gasteiger charge is 2.34. The summed E-state index contributed by atoms with van der Waals surface area (Å²) in [6, 6.07) is 8.23. The van der Waals surface area contributed by atoms with Gasteiger partial charge in [0.05, 0.1) is 23.4 Å². The Balaban J connectivity index is 0.000000500. The normalized spacial score (nSPS) is 20.4. The van der Waals surface area contributed by atoms with Gasteiger partial charge < -0.3 is 25.6 Å². The Morgan fingerprint density at radius 3 is 2.56 bits per heavy atom. The van der Waals surface area contributed by atoms with Gasteiger partial charge >= 0.3 is 6.01 Å². The van der Waals surface area contributed by atoms with E-state index in [-0.39, 0.29) is 22.1 Å². The summed E-state index contributed by atoms with van der Waals surface area (Å²) in [7, 11) is 3.61. The van der Waals surface area contributed by atoms with Crippen molar-refractivity contribution in [2.24, 2.45) is 0 Å². The van der Waals surface area contributed by atoms with Gasteiger partial charge in [-0.05, 0) is 57.6 Å². The molecule has 0 amide bonds. The molecule has 5 heterocycles. The van der Waals surface area contributed by atoms with Gasteiger partial charge in [-0.2, -0.15) is 15.2 Å². The van der Waals surface area contributed by atoms with E-state index in [1.807, 2.05) is 6.07 Å². The number of nitrogens with one attached hydrogen (secondary N) is 1. The molecule has 8 nitrogen and oxygen atoms in total. The van der Waals surface area contributed by atoms with Gasteiger partial charge in [0.2, 0.25) is 0 Å². The molecule has 0 saturated carbocycles. The Labute approximate surface area is 235 Å².